The molecule has 24 heavy (non-hydrogen) atoms. The highest BCUT2D eigenvalue weighted by molar-refractivity contribution is 6.04. The van der Waals surface area contributed by atoms with Crippen molar-refractivity contribution >= 4 is 22.7 Å². The van der Waals surface area contributed by atoms with E-state index in [1.165, 1.54) is 0 Å². The first-order chi connectivity index (χ1) is 11.7. The minimum atomic E-state index is -0.225. The first kappa shape index (κ1) is 15.1. The van der Waals surface area contributed by atoms with Gasteiger partial charge < -0.3 is 15.4 Å². The molecule has 0 saturated carbocycles. The molecule has 1 aromatic heterocycles. The molecule has 2 aromatic rings. The molecule has 7 nitrogen and oxygen atoms in total. The smallest absolute Gasteiger partial charge is 0.272 e. The van der Waals surface area contributed by atoms with Gasteiger partial charge in [0.2, 0.25) is 5.91 Å². The number of nitrogens with zero attached hydrogens (tertiary/aromatic N) is 1. The van der Waals surface area contributed by atoms with Crippen molar-refractivity contribution < 1.29 is 14.3 Å². The number of fused-ring (bicyclic) bond motifs is 1. The lowest BCUT2D eigenvalue weighted by atomic mass is 9.92. The average molecular weight is 328 g/mol. The van der Waals surface area contributed by atoms with Gasteiger partial charge in [-0.1, -0.05) is 18.2 Å². The van der Waals surface area contributed by atoms with E-state index in [1.807, 2.05) is 24.3 Å². The summed E-state index contributed by atoms with van der Waals surface area (Å²) in [6.45, 7) is 0.710. The van der Waals surface area contributed by atoms with Gasteiger partial charge in [-0.2, -0.15) is 5.10 Å². The summed E-state index contributed by atoms with van der Waals surface area (Å²) in [6, 6.07) is 7.21. The monoisotopic (exact) mass is 328 g/mol. The highest BCUT2D eigenvalue weighted by atomic mass is 16.5. The lowest BCUT2D eigenvalue weighted by molar-refractivity contribution is -0.125. The third-order valence-corrected chi connectivity index (χ3v) is 4.81. The Labute approximate surface area is 139 Å². The number of carbonyl (C=O) groups excluding carboxylic acids is 2. The van der Waals surface area contributed by atoms with Crippen LogP contribution in [0.5, 0.6) is 0 Å². The number of rotatable bonds is 3. The Bertz CT molecular complexity index is 766. The van der Waals surface area contributed by atoms with Gasteiger partial charge in [-0.3, -0.25) is 14.7 Å². The van der Waals surface area contributed by atoms with Crippen LogP contribution in [-0.2, 0) is 9.53 Å². The number of para-hydroxylation sites is 1. The predicted octanol–water partition coefficient (Wildman–Crippen LogP) is 1.12. The summed E-state index contributed by atoms with van der Waals surface area (Å²) in [7, 11) is 0. The topological polar surface area (TPSA) is 96.1 Å². The van der Waals surface area contributed by atoms with Crippen LogP contribution in [0, 0.1) is 0 Å². The molecule has 3 heterocycles. The number of hydrogen-bond acceptors (Lipinski definition) is 4. The van der Waals surface area contributed by atoms with E-state index in [2.05, 4.69) is 20.8 Å². The number of piperidine rings is 1. The molecular formula is C17H20N4O3. The Morgan fingerprint density at radius 3 is 3.00 bits per heavy atom. The van der Waals surface area contributed by atoms with Gasteiger partial charge in [-0.25, -0.2) is 0 Å². The van der Waals surface area contributed by atoms with Gasteiger partial charge in [0, 0.05) is 18.4 Å². The van der Waals surface area contributed by atoms with Crippen LogP contribution in [0.4, 0.5) is 0 Å². The summed E-state index contributed by atoms with van der Waals surface area (Å²) in [5.74, 6) is -0.206. The van der Waals surface area contributed by atoms with Gasteiger partial charge in [-0.15, -0.1) is 0 Å². The van der Waals surface area contributed by atoms with Crippen LogP contribution >= 0.6 is 0 Å². The number of aromatic amines is 1. The maximum Gasteiger partial charge on any atom is 0.272 e. The number of benzene rings is 1. The third kappa shape index (κ3) is 2.75. The molecule has 1 aromatic carbocycles. The molecule has 2 aliphatic rings. The molecule has 0 aliphatic carbocycles. The fourth-order valence-corrected chi connectivity index (χ4v) is 3.60. The van der Waals surface area contributed by atoms with Crippen molar-refractivity contribution in [2.75, 3.05) is 6.61 Å². The molecule has 3 atom stereocenters. The summed E-state index contributed by atoms with van der Waals surface area (Å²) in [4.78, 5) is 24.5. The molecule has 0 bridgehead atoms. The predicted molar refractivity (Wildman–Crippen MR) is 87.5 cm³/mol. The average Bonchev–Trinajstić information content (AvgIpc) is 3.25. The molecule has 2 fully saturated rings. The number of nitrogens with one attached hydrogen (secondary N) is 3. The number of amides is 2. The molecular weight excluding hydrogens is 308 g/mol. The quantitative estimate of drug-likeness (QED) is 0.787. The van der Waals surface area contributed by atoms with E-state index in [0.717, 1.165) is 23.7 Å². The Kier molecular flexibility index (Phi) is 3.93. The first-order valence-electron chi connectivity index (χ1n) is 8.37. The largest absolute Gasteiger partial charge is 0.376 e. The van der Waals surface area contributed by atoms with Crippen LogP contribution in [0.2, 0.25) is 0 Å². The van der Waals surface area contributed by atoms with Crippen LogP contribution in [0.15, 0.2) is 24.3 Å². The lowest BCUT2D eigenvalue weighted by Gasteiger charge is -2.35. The molecule has 1 unspecified atom stereocenters. The van der Waals surface area contributed by atoms with E-state index in [0.29, 0.717) is 25.1 Å². The van der Waals surface area contributed by atoms with Crippen molar-refractivity contribution in [2.24, 2.45) is 0 Å². The SMILES string of the molecule is O=C1CC[C@H](NC(=O)c2n[nH]c3ccccc23)[C@@H](C2CCCO2)N1. The summed E-state index contributed by atoms with van der Waals surface area (Å²) < 4.78 is 5.73. The van der Waals surface area contributed by atoms with E-state index in [9.17, 15) is 9.59 Å². The molecule has 2 amide bonds. The maximum absolute atomic E-state index is 12.7. The zero-order valence-electron chi connectivity index (χ0n) is 13.2. The van der Waals surface area contributed by atoms with Crippen molar-refractivity contribution in [3.8, 4) is 0 Å². The maximum atomic E-state index is 12.7. The van der Waals surface area contributed by atoms with Crippen molar-refractivity contribution in [2.45, 2.75) is 43.9 Å². The lowest BCUT2D eigenvalue weighted by Crippen LogP contribution is -2.60. The van der Waals surface area contributed by atoms with E-state index in [-0.39, 0.29) is 30.0 Å². The molecule has 126 valence electrons. The fourth-order valence-electron chi connectivity index (χ4n) is 3.60. The van der Waals surface area contributed by atoms with Gasteiger partial charge in [0.1, 0.15) is 0 Å². The molecule has 0 spiro atoms. The number of carbonyl (C=O) groups is 2. The first-order valence-corrected chi connectivity index (χ1v) is 8.37. The zero-order valence-corrected chi connectivity index (χ0v) is 13.2. The molecule has 3 N–H and O–H groups in total. The Balaban J connectivity index is 1.53. The molecule has 2 saturated heterocycles. The highest BCUT2D eigenvalue weighted by Crippen LogP contribution is 2.23. The second-order valence-electron chi connectivity index (χ2n) is 6.38. The molecule has 2 aliphatic heterocycles. The van der Waals surface area contributed by atoms with Crippen molar-refractivity contribution in [1.82, 2.24) is 20.8 Å². The van der Waals surface area contributed by atoms with Crippen LogP contribution in [0.3, 0.4) is 0 Å². The normalized spacial score (nSPS) is 27.2. The number of aromatic nitrogens is 2. The molecule has 7 heteroatoms. The summed E-state index contributed by atoms with van der Waals surface area (Å²) in [5, 5.41) is 13.8. The van der Waals surface area contributed by atoms with Crippen molar-refractivity contribution in [1.29, 1.82) is 0 Å². The zero-order chi connectivity index (χ0) is 16.5. The van der Waals surface area contributed by atoms with Crippen LogP contribution in [-0.4, -0.2) is 46.8 Å². The van der Waals surface area contributed by atoms with Gasteiger partial charge in [-0.05, 0) is 25.3 Å². The van der Waals surface area contributed by atoms with Crippen LogP contribution in [0.25, 0.3) is 10.9 Å². The van der Waals surface area contributed by atoms with E-state index >= 15 is 0 Å². The standard InChI is InChI=1S/C17H20N4O3/c22-14-8-7-12(16(19-14)13-6-3-9-24-13)18-17(23)15-10-4-1-2-5-11(10)20-21-15/h1-2,4-5,12-13,16H,3,6-9H2,(H,18,23)(H,19,22)(H,20,21)/t12-,13?,16-/m0/s1. The van der Waals surface area contributed by atoms with Gasteiger partial charge in [0.15, 0.2) is 5.69 Å². The third-order valence-electron chi connectivity index (χ3n) is 4.81. The summed E-state index contributed by atoms with van der Waals surface area (Å²) >= 11 is 0. The molecule has 0 radical (unpaired) electrons. The van der Waals surface area contributed by atoms with E-state index < -0.39 is 0 Å². The van der Waals surface area contributed by atoms with Crippen molar-refractivity contribution in [3.63, 3.8) is 0 Å². The second-order valence-corrected chi connectivity index (χ2v) is 6.38. The van der Waals surface area contributed by atoms with Crippen LogP contribution < -0.4 is 10.6 Å². The van der Waals surface area contributed by atoms with Gasteiger partial charge in [0.05, 0.1) is 23.7 Å². The number of H-pyrrole nitrogens is 1. The Morgan fingerprint density at radius 1 is 1.29 bits per heavy atom. The van der Waals surface area contributed by atoms with Gasteiger partial charge >= 0.3 is 0 Å². The van der Waals surface area contributed by atoms with Gasteiger partial charge in [0.25, 0.3) is 5.91 Å². The van der Waals surface area contributed by atoms with Crippen molar-refractivity contribution in [3.05, 3.63) is 30.0 Å². The summed E-state index contributed by atoms with van der Waals surface area (Å²) in [5.41, 5.74) is 1.21. The fraction of sp³-hybridized carbons (Fsp3) is 0.471. The van der Waals surface area contributed by atoms with E-state index in [4.69, 9.17) is 4.74 Å². The van der Waals surface area contributed by atoms with Crippen LogP contribution in [0.1, 0.15) is 36.2 Å². The Hall–Kier alpha value is -2.41. The van der Waals surface area contributed by atoms with E-state index in [1.54, 1.807) is 0 Å². The number of ether oxygens (including phenoxy) is 1. The summed E-state index contributed by atoms with van der Waals surface area (Å²) in [6.07, 6.45) is 2.89. The second kappa shape index (κ2) is 6.24. The highest BCUT2D eigenvalue weighted by Gasteiger charge is 2.38. The minimum absolute atomic E-state index is 0.0196. The Morgan fingerprint density at radius 2 is 2.17 bits per heavy atom. The minimum Gasteiger partial charge on any atom is -0.376 e. The molecule has 4 rings (SSSR count). The number of hydrogen-bond donors (Lipinski definition) is 3.